The van der Waals surface area contributed by atoms with Crippen molar-refractivity contribution in [2.75, 3.05) is 7.11 Å². The predicted molar refractivity (Wildman–Crippen MR) is 142 cm³/mol. The molecule has 0 spiro atoms. The zero-order chi connectivity index (χ0) is 27.4. The van der Waals surface area contributed by atoms with Crippen molar-refractivity contribution < 1.29 is 22.9 Å². The molecule has 38 heavy (non-hydrogen) atoms. The van der Waals surface area contributed by atoms with Crippen LogP contribution in [0.5, 0.6) is 0 Å². The summed E-state index contributed by atoms with van der Waals surface area (Å²) in [5.74, 6) is -0.258. The number of thioether (sulfide) groups is 1. The van der Waals surface area contributed by atoms with E-state index in [1.807, 2.05) is 0 Å². The van der Waals surface area contributed by atoms with Crippen molar-refractivity contribution >= 4 is 44.3 Å². The van der Waals surface area contributed by atoms with Crippen LogP contribution in [0.15, 0.2) is 81.6 Å². The molecule has 0 amide bonds. The summed E-state index contributed by atoms with van der Waals surface area (Å²) < 4.78 is 29.3. The van der Waals surface area contributed by atoms with Crippen LogP contribution >= 0.6 is 11.8 Å². The molecule has 0 aliphatic rings. The number of carbonyl (C=O) groups excluding carboxylic acids is 1. The summed E-state index contributed by atoms with van der Waals surface area (Å²) in [6, 6.07) is 16.7. The number of nitro groups is 1. The Bertz CT molecular complexity index is 1700. The summed E-state index contributed by atoms with van der Waals surface area (Å²) in [4.78, 5) is 40.8. The normalized spacial score (nSPS) is 11.4. The molecule has 0 radical (unpaired) electrons. The number of aromatic nitrogens is 2. The van der Waals surface area contributed by atoms with Gasteiger partial charge < -0.3 is 4.74 Å². The highest BCUT2D eigenvalue weighted by molar-refractivity contribution is 7.98. The molecule has 0 saturated carbocycles. The molecule has 0 fully saturated rings. The summed E-state index contributed by atoms with van der Waals surface area (Å²) in [5, 5.41) is 17.0. The number of sulfonamides is 1. The van der Waals surface area contributed by atoms with Gasteiger partial charge in [0.25, 0.3) is 11.2 Å². The summed E-state index contributed by atoms with van der Waals surface area (Å²) in [6.45, 7) is 0.229. The molecule has 196 valence electrons. The van der Waals surface area contributed by atoms with Gasteiger partial charge in [0.15, 0.2) is 5.16 Å². The number of nitrogens with two attached hydrogens (primary N) is 1. The minimum Gasteiger partial charge on any atom is -0.465 e. The minimum absolute atomic E-state index is 0.0135. The monoisotopic (exact) mass is 554 g/mol. The number of nitro benzene ring substituents is 1. The highest BCUT2D eigenvalue weighted by Crippen LogP contribution is 2.25. The molecular formula is C25H22N4O7S2. The molecule has 3 aromatic carbocycles. The Balaban J connectivity index is 1.70. The molecule has 0 saturated heterocycles. The number of primary sulfonamides is 1. The number of hydrogen-bond donors (Lipinski definition) is 1. The van der Waals surface area contributed by atoms with E-state index in [1.165, 1.54) is 65.9 Å². The van der Waals surface area contributed by atoms with E-state index in [1.54, 1.807) is 24.3 Å². The summed E-state index contributed by atoms with van der Waals surface area (Å²) in [7, 11) is -2.56. The van der Waals surface area contributed by atoms with Gasteiger partial charge in [0, 0.05) is 24.4 Å². The van der Waals surface area contributed by atoms with Crippen LogP contribution in [0.4, 0.5) is 5.69 Å². The van der Waals surface area contributed by atoms with Crippen LogP contribution in [0.3, 0.4) is 0 Å². The van der Waals surface area contributed by atoms with Gasteiger partial charge in [-0.25, -0.2) is 23.3 Å². The van der Waals surface area contributed by atoms with Crippen LogP contribution in [0, 0.1) is 10.1 Å². The highest BCUT2D eigenvalue weighted by Gasteiger charge is 2.16. The Morgan fingerprint density at radius 1 is 1.11 bits per heavy atom. The van der Waals surface area contributed by atoms with E-state index in [2.05, 4.69) is 4.98 Å². The number of aryl methyl sites for hydroxylation is 1. The highest BCUT2D eigenvalue weighted by atomic mass is 32.2. The van der Waals surface area contributed by atoms with Gasteiger partial charge in [0.1, 0.15) is 0 Å². The Morgan fingerprint density at radius 3 is 2.50 bits per heavy atom. The van der Waals surface area contributed by atoms with E-state index in [-0.39, 0.29) is 28.3 Å². The van der Waals surface area contributed by atoms with Crippen LogP contribution in [0.1, 0.15) is 21.5 Å². The van der Waals surface area contributed by atoms with E-state index in [0.29, 0.717) is 33.8 Å². The first kappa shape index (κ1) is 27.0. The molecule has 0 bridgehead atoms. The number of carbonyl (C=O) groups is 1. The summed E-state index contributed by atoms with van der Waals surface area (Å²) in [5.41, 5.74) is 1.64. The second-order valence-corrected chi connectivity index (χ2v) is 10.7. The molecule has 13 heteroatoms. The third-order valence-electron chi connectivity index (χ3n) is 5.71. The van der Waals surface area contributed by atoms with E-state index < -0.39 is 20.9 Å². The van der Waals surface area contributed by atoms with Gasteiger partial charge in [-0.05, 0) is 47.9 Å². The smallest absolute Gasteiger partial charge is 0.337 e. The van der Waals surface area contributed by atoms with Gasteiger partial charge in [-0.3, -0.25) is 19.5 Å². The number of ether oxygens (including phenoxy) is 1. The SMILES string of the molecule is COC(=O)c1ccc2c(=O)n(CCc3ccc(S(N)(=O)=O)cc3)c(SCc3cccc([N+](=O)[O-])c3)nc2c1. The molecule has 4 aromatic rings. The second kappa shape index (κ2) is 11.1. The Kier molecular flexibility index (Phi) is 7.90. The van der Waals surface area contributed by atoms with Crippen LogP contribution in [0.2, 0.25) is 0 Å². The number of rotatable bonds is 9. The second-order valence-electron chi connectivity index (χ2n) is 8.23. The fourth-order valence-electron chi connectivity index (χ4n) is 3.75. The van der Waals surface area contributed by atoms with Gasteiger partial charge in [-0.2, -0.15) is 0 Å². The zero-order valence-electron chi connectivity index (χ0n) is 20.1. The fourth-order valence-corrected chi connectivity index (χ4v) is 5.23. The van der Waals surface area contributed by atoms with E-state index in [4.69, 9.17) is 9.88 Å². The van der Waals surface area contributed by atoms with Crippen molar-refractivity contribution in [1.29, 1.82) is 0 Å². The van der Waals surface area contributed by atoms with Crippen molar-refractivity contribution in [3.05, 3.63) is 104 Å². The standard InChI is InChI=1S/C25H22N4O7S2/c1-36-24(31)18-7-10-21-22(14-18)27-25(37-15-17-3-2-4-19(13-17)29(32)33)28(23(21)30)12-11-16-5-8-20(9-6-16)38(26,34)35/h2-10,13-14H,11-12,15H2,1H3,(H2,26,34,35). The molecule has 11 nitrogen and oxygen atoms in total. The minimum atomic E-state index is -3.82. The maximum Gasteiger partial charge on any atom is 0.337 e. The summed E-state index contributed by atoms with van der Waals surface area (Å²) >= 11 is 1.23. The first-order valence-electron chi connectivity index (χ1n) is 11.2. The van der Waals surface area contributed by atoms with Crippen molar-refractivity contribution in [3.8, 4) is 0 Å². The van der Waals surface area contributed by atoms with E-state index in [0.717, 1.165) is 5.56 Å². The first-order valence-corrected chi connectivity index (χ1v) is 13.7. The lowest BCUT2D eigenvalue weighted by atomic mass is 10.1. The van der Waals surface area contributed by atoms with E-state index >= 15 is 0 Å². The van der Waals surface area contributed by atoms with Gasteiger partial charge in [0.2, 0.25) is 10.0 Å². The molecular weight excluding hydrogens is 532 g/mol. The number of nitrogens with zero attached hydrogens (tertiary/aromatic N) is 3. The van der Waals surface area contributed by atoms with Crippen molar-refractivity contribution in [3.63, 3.8) is 0 Å². The number of benzene rings is 3. The maximum atomic E-state index is 13.5. The van der Waals surface area contributed by atoms with Gasteiger partial charge in [-0.15, -0.1) is 0 Å². The fraction of sp³-hybridized carbons (Fsp3) is 0.160. The number of methoxy groups -OCH3 is 1. The number of esters is 1. The molecule has 1 aromatic heterocycles. The number of fused-ring (bicyclic) bond motifs is 1. The lowest BCUT2D eigenvalue weighted by Gasteiger charge is -2.14. The lowest BCUT2D eigenvalue weighted by molar-refractivity contribution is -0.384. The first-order chi connectivity index (χ1) is 18.1. The quantitative estimate of drug-likeness (QED) is 0.107. The maximum absolute atomic E-state index is 13.5. The zero-order valence-corrected chi connectivity index (χ0v) is 21.7. The molecule has 0 atom stereocenters. The van der Waals surface area contributed by atoms with Gasteiger partial charge in [-0.1, -0.05) is 36.0 Å². The van der Waals surface area contributed by atoms with Crippen molar-refractivity contribution in [2.24, 2.45) is 5.14 Å². The molecule has 0 unspecified atom stereocenters. The Labute approximate surface area is 221 Å². The third kappa shape index (κ3) is 6.07. The van der Waals surface area contributed by atoms with Crippen molar-refractivity contribution in [2.45, 2.75) is 28.8 Å². The van der Waals surface area contributed by atoms with Crippen LogP contribution in [-0.4, -0.2) is 36.0 Å². The largest absolute Gasteiger partial charge is 0.465 e. The molecule has 1 heterocycles. The number of hydrogen-bond acceptors (Lipinski definition) is 9. The van der Waals surface area contributed by atoms with Crippen molar-refractivity contribution in [1.82, 2.24) is 9.55 Å². The Hall–Kier alpha value is -4.07. The molecule has 4 rings (SSSR count). The molecule has 2 N–H and O–H groups in total. The van der Waals surface area contributed by atoms with Crippen LogP contribution < -0.4 is 10.7 Å². The predicted octanol–water partition coefficient (Wildman–Crippen LogP) is 3.27. The third-order valence-corrected chi connectivity index (χ3v) is 7.68. The van der Waals surface area contributed by atoms with Gasteiger partial charge in [0.05, 0.1) is 33.4 Å². The average Bonchev–Trinajstić information content (AvgIpc) is 2.90. The van der Waals surface area contributed by atoms with Crippen LogP contribution in [-0.2, 0) is 33.5 Å². The molecule has 0 aliphatic carbocycles. The van der Waals surface area contributed by atoms with Gasteiger partial charge >= 0.3 is 5.97 Å². The lowest BCUT2D eigenvalue weighted by Crippen LogP contribution is -2.24. The Morgan fingerprint density at radius 2 is 1.84 bits per heavy atom. The average molecular weight is 555 g/mol. The topological polar surface area (TPSA) is 164 Å². The molecule has 0 aliphatic heterocycles. The van der Waals surface area contributed by atoms with E-state index in [9.17, 15) is 28.1 Å². The van der Waals surface area contributed by atoms with Crippen LogP contribution in [0.25, 0.3) is 10.9 Å². The number of non-ortho nitro benzene ring substituents is 1. The summed E-state index contributed by atoms with van der Waals surface area (Å²) in [6.07, 6.45) is 0.391.